The van der Waals surface area contributed by atoms with Crippen molar-refractivity contribution in [1.29, 1.82) is 0 Å². The highest BCUT2D eigenvalue weighted by molar-refractivity contribution is 5.78. The first kappa shape index (κ1) is 19.3. The standard InChI is InChI=1S/C21H33N3O2/c1-17(2)21(18-7-4-3-5-8-18)22-20(25)16-24-12-10-23(11-13-24)15-19-9-6-14-26-19/h3-5,7-8,17,19,21H,6,9-16H2,1-2H3,(H,22,25). The quantitative estimate of drug-likeness (QED) is 0.811. The van der Waals surface area contributed by atoms with Crippen LogP contribution in [-0.4, -0.2) is 67.7 Å². The summed E-state index contributed by atoms with van der Waals surface area (Å²) in [6.45, 7) is 10.7. The number of hydrogen-bond donors (Lipinski definition) is 1. The smallest absolute Gasteiger partial charge is 0.234 e. The third-order valence-electron chi connectivity index (χ3n) is 5.46. The maximum absolute atomic E-state index is 12.6. The SMILES string of the molecule is CC(C)C(NC(=O)CN1CCN(CC2CCCO2)CC1)c1ccccc1. The van der Waals surface area contributed by atoms with E-state index in [2.05, 4.69) is 41.1 Å². The minimum Gasteiger partial charge on any atom is -0.377 e. The van der Waals surface area contributed by atoms with Crippen molar-refractivity contribution in [3.63, 3.8) is 0 Å². The summed E-state index contributed by atoms with van der Waals surface area (Å²) in [6.07, 6.45) is 2.81. The molecule has 0 radical (unpaired) electrons. The molecule has 1 aromatic rings. The normalized spacial score (nSPS) is 23.3. The largest absolute Gasteiger partial charge is 0.377 e. The van der Waals surface area contributed by atoms with E-state index in [1.54, 1.807) is 0 Å². The van der Waals surface area contributed by atoms with Crippen molar-refractivity contribution in [3.05, 3.63) is 35.9 Å². The first-order chi connectivity index (χ1) is 12.6. The molecule has 0 aromatic heterocycles. The molecule has 2 fully saturated rings. The summed E-state index contributed by atoms with van der Waals surface area (Å²) >= 11 is 0. The number of nitrogens with zero attached hydrogens (tertiary/aromatic N) is 2. The van der Waals surface area contributed by atoms with Gasteiger partial charge in [0.25, 0.3) is 0 Å². The summed E-state index contributed by atoms with van der Waals surface area (Å²) in [7, 11) is 0. The summed E-state index contributed by atoms with van der Waals surface area (Å²) in [5, 5.41) is 3.24. The van der Waals surface area contributed by atoms with Crippen molar-refractivity contribution in [1.82, 2.24) is 15.1 Å². The fraction of sp³-hybridized carbons (Fsp3) is 0.667. The Morgan fingerprint density at radius 1 is 1.15 bits per heavy atom. The van der Waals surface area contributed by atoms with Crippen molar-refractivity contribution < 1.29 is 9.53 Å². The molecule has 1 N–H and O–H groups in total. The molecule has 0 spiro atoms. The average Bonchev–Trinajstić information content (AvgIpc) is 3.15. The van der Waals surface area contributed by atoms with Gasteiger partial charge in [-0.1, -0.05) is 44.2 Å². The van der Waals surface area contributed by atoms with Crippen LogP contribution in [0.4, 0.5) is 0 Å². The van der Waals surface area contributed by atoms with Crippen LogP contribution >= 0.6 is 0 Å². The highest BCUT2D eigenvalue weighted by atomic mass is 16.5. The Labute approximate surface area is 157 Å². The molecule has 1 amide bonds. The number of amides is 1. The molecule has 0 bridgehead atoms. The molecule has 2 atom stereocenters. The molecule has 2 heterocycles. The van der Waals surface area contributed by atoms with Crippen molar-refractivity contribution in [2.75, 3.05) is 45.9 Å². The van der Waals surface area contributed by atoms with E-state index in [0.29, 0.717) is 18.6 Å². The lowest BCUT2D eigenvalue weighted by Crippen LogP contribution is -2.51. The molecular weight excluding hydrogens is 326 g/mol. The van der Waals surface area contributed by atoms with Gasteiger partial charge in [0.1, 0.15) is 0 Å². The minimum atomic E-state index is 0.0736. The molecule has 2 saturated heterocycles. The van der Waals surface area contributed by atoms with Crippen molar-refractivity contribution in [2.45, 2.75) is 38.8 Å². The van der Waals surface area contributed by atoms with Crippen molar-refractivity contribution in [2.24, 2.45) is 5.92 Å². The van der Waals surface area contributed by atoms with Crippen molar-refractivity contribution >= 4 is 5.91 Å². The molecule has 26 heavy (non-hydrogen) atoms. The van der Waals surface area contributed by atoms with Gasteiger partial charge in [-0.15, -0.1) is 0 Å². The van der Waals surface area contributed by atoms with Gasteiger partial charge in [-0.3, -0.25) is 14.6 Å². The van der Waals surface area contributed by atoms with Gasteiger partial charge in [0.05, 0.1) is 18.7 Å². The fourth-order valence-corrected chi connectivity index (χ4v) is 3.92. The number of piperazine rings is 1. The molecule has 2 aliphatic rings. The van der Waals surface area contributed by atoms with Gasteiger partial charge < -0.3 is 10.1 Å². The third-order valence-corrected chi connectivity index (χ3v) is 5.46. The van der Waals surface area contributed by atoms with Crippen molar-refractivity contribution in [3.8, 4) is 0 Å². The van der Waals surface area contributed by atoms with E-state index in [0.717, 1.165) is 39.3 Å². The second-order valence-corrected chi connectivity index (χ2v) is 7.91. The van der Waals surface area contributed by atoms with Crippen LogP contribution in [0.5, 0.6) is 0 Å². The first-order valence-corrected chi connectivity index (χ1v) is 10.0. The number of carbonyl (C=O) groups is 1. The van der Waals surface area contributed by atoms with Gasteiger partial charge in [0, 0.05) is 39.3 Å². The second-order valence-electron chi connectivity index (χ2n) is 7.91. The van der Waals surface area contributed by atoms with Gasteiger partial charge in [-0.05, 0) is 24.3 Å². The first-order valence-electron chi connectivity index (χ1n) is 10.0. The number of benzene rings is 1. The van der Waals surface area contributed by atoms with Crippen LogP contribution in [-0.2, 0) is 9.53 Å². The maximum Gasteiger partial charge on any atom is 0.234 e. The molecule has 0 aliphatic carbocycles. The van der Waals surface area contributed by atoms with Crippen LogP contribution in [0.3, 0.4) is 0 Å². The number of carbonyl (C=O) groups excluding carboxylic acids is 1. The van der Waals surface area contributed by atoms with Gasteiger partial charge in [0.2, 0.25) is 5.91 Å². The Kier molecular flexibility index (Phi) is 7.06. The molecule has 5 nitrogen and oxygen atoms in total. The van der Waals surface area contributed by atoms with Gasteiger partial charge in [-0.2, -0.15) is 0 Å². The van der Waals surface area contributed by atoms with Crippen LogP contribution < -0.4 is 5.32 Å². The number of hydrogen-bond acceptors (Lipinski definition) is 4. The highest BCUT2D eigenvalue weighted by Crippen LogP contribution is 2.21. The summed E-state index contributed by atoms with van der Waals surface area (Å²) < 4.78 is 5.74. The molecule has 0 saturated carbocycles. The molecule has 3 rings (SSSR count). The van der Waals surface area contributed by atoms with E-state index < -0.39 is 0 Å². The molecule has 5 heteroatoms. The molecule has 2 unspecified atom stereocenters. The van der Waals surface area contributed by atoms with Crippen LogP contribution in [0.25, 0.3) is 0 Å². The zero-order valence-electron chi connectivity index (χ0n) is 16.2. The van der Waals surface area contributed by atoms with Crippen LogP contribution in [0, 0.1) is 5.92 Å². The van der Waals surface area contributed by atoms with E-state index >= 15 is 0 Å². The zero-order chi connectivity index (χ0) is 18.4. The average molecular weight is 360 g/mol. The second kappa shape index (κ2) is 9.49. The predicted molar refractivity (Wildman–Crippen MR) is 104 cm³/mol. The number of ether oxygens (including phenoxy) is 1. The summed E-state index contributed by atoms with van der Waals surface area (Å²) in [5.74, 6) is 0.490. The van der Waals surface area contributed by atoms with Gasteiger partial charge >= 0.3 is 0 Å². The zero-order valence-corrected chi connectivity index (χ0v) is 16.2. The lowest BCUT2D eigenvalue weighted by atomic mass is 9.96. The number of nitrogens with one attached hydrogen (secondary N) is 1. The van der Waals surface area contributed by atoms with E-state index in [4.69, 9.17) is 4.74 Å². The number of rotatable bonds is 7. The maximum atomic E-state index is 12.6. The summed E-state index contributed by atoms with van der Waals surface area (Å²) in [4.78, 5) is 17.3. The Morgan fingerprint density at radius 3 is 2.46 bits per heavy atom. The van der Waals surface area contributed by atoms with E-state index in [1.807, 2.05) is 18.2 Å². The van der Waals surface area contributed by atoms with Gasteiger partial charge in [-0.25, -0.2) is 0 Å². The van der Waals surface area contributed by atoms with E-state index in [1.165, 1.54) is 18.4 Å². The van der Waals surface area contributed by atoms with E-state index in [9.17, 15) is 4.79 Å². The summed E-state index contributed by atoms with van der Waals surface area (Å²) in [6, 6.07) is 10.3. The van der Waals surface area contributed by atoms with Crippen LogP contribution in [0.1, 0.15) is 38.3 Å². The monoisotopic (exact) mass is 359 g/mol. The lowest BCUT2D eigenvalue weighted by Gasteiger charge is -2.35. The fourth-order valence-electron chi connectivity index (χ4n) is 3.92. The highest BCUT2D eigenvalue weighted by Gasteiger charge is 2.25. The third kappa shape index (κ3) is 5.53. The van der Waals surface area contributed by atoms with Crippen LogP contribution in [0.2, 0.25) is 0 Å². The Balaban J connectivity index is 1.43. The van der Waals surface area contributed by atoms with Gasteiger partial charge in [0.15, 0.2) is 0 Å². The lowest BCUT2D eigenvalue weighted by molar-refractivity contribution is -0.123. The molecule has 1 aromatic carbocycles. The molecule has 2 aliphatic heterocycles. The Bertz CT molecular complexity index is 550. The Hall–Kier alpha value is -1.43. The van der Waals surface area contributed by atoms with E-state index in [-0.39, 0.29) is 11.9 Å². The summed E-state index contributed by atoms with van der Waals surface area (Å²) in [5.41, 5.74) is 1.18. The minimum absolute atomic E-state index is 0.0736. The van der Waals surface area contributed by atoms with Crippen LogP contribution in [0.15, 0.2) is 30.3 Å². The predicted octanol–water partition coefficient (Wildman–Crippen LogP) is 2.30. The topological polar surface area (TPSA) is 44.8 Å². The molecule has 144 valence electrons. The molecular formula is C21H33N3O2. The Morgan fingerprint density at radius 2 is 1.85 bits per heavy atom.